The van der Waals surface area contributed by atoms with Crippen molar-refractivity contribution in [3.8, 4) is 11.6 Å². The molecule has 0 spiro atoms. The van der Waals surface area contributed by atoms with Gasteiger partial charge < -0.3 is 19.1 Å². The van der Waals surface area contributed by atoms with Crippen LogP contribution in [-0.4, -0.2) is 77.5 Å². The summed E-state index contributed by atoms with van der Waals surface area (Å²) in [6.07, 6.45) is 17.3. The number of para-hydroxylation sites is 1. The van der Waals surface area contributed by atoms with E-state index in [1.54, 1.807) is 17.9 Å². The molecule has 1 N–H and O–H groups in total. The first-order valence-corrected chi connectivity index (χ1v) is 25.7. The van der Waals surface area contributed by atoms with E-state index in [0.717, 1.165) is 112 Å². The minimum atomic E-state index is -3.96. The lowest BCUT2D eigenvalue weighted by atomic mass is 9.65. The number of hydrogen-bond acceptors (Lipinski definition) is 10. The van der Waals surface area contributed by atoms with Crippen LogP contribution < -0.4 is 14.2 Å². The molecular weight excluding hydrogens is 819 g/mol. The topological polar surface area (TPSA) is 158 Å². The number of rotatable bonds is 10. The lowest BCUT2D eigenvalue weighted by molar-refractivity contribution is -0.155. The van der Waals surface area contributed by atoms with Gasteiger partial charge in [-0.1, -0.05) is 63.7 Å². The Balaban J connectivity index is 1.08. The number of nitrogens with zero attached hydrogens (tertiary/aromatic N) is 2. The van der Waals surface area contributed by atoms with Gasteiger partial charge in [0.2, 0.25) is 27.7 Å². The molecule has 13 heteroatoms. The first-order chi connectivity index (χ1) is 30.2. The monoisotopic (exact) mass is 885 g/mol. The number of ether oxygens (including phenoxy) is 3. The second-order valence-electron chi connectivity index (χ2n) is 20.9. The summed E-state index contributed by atoms with van der Waals surface area (Å²) in [5.41, 5.74) is -0.123. The Labute approximate surface area is 373 Å². The van der Waals surface area contributed by atoms with Crippen molar-refractivity contribution in [1.82, 2.24) is 14.6 Å². The molecule has 1 unspecified atom stereocenters. The van der Waals surface area contributed by atoms with Crippen molar-refractivity contribution in [3.63, 3.8) is 0 Å². The number of ketones is 1. The Morgan fingerprint density at radius 2 is 1.65 bits per heavy atom. The number of Topliss-reactive ketones (excluding diaryl/α,β-unsaturated/α-hetero) is 1. The highest BCUT2D eigenvalue weighted by atomic mass is 32.2. The molecule has 1 saturated heterocycles. The van der Waals surface area contributed by atoms with E-state index in [0.29, 0.717) is 31.1 Å². The summed E-state index contributed by atoms with van der Waals surface area (Å²) in [4.78, 5) is 64.9. The van der Waals surface area contributed by atoms with Gasteiger partial charge in [-0.2, -0.15) is 0 Å². The molecule has 2 aromatic rings. The third-order valence-corrected chi connectivity index (χ3v) is 18.4. The molecular formula is C50H67N3O9S. The fourth-order valence-corrected chi connectivity index (χ4v) is 12.8. The van der Waals surface area contributed by atoms with Crippen LogP contribution in [0.25, 0.3) is 10.9 Å². The second-order valence-corrected chi connectivity index (χ2v) is 23.1. The van der Waals surface area contributed by atoms with Crippen molar-refractivity contribution in [1.29, 1.82) is 0 Å². The smallest absolute Gasteiger partial charge is 0.306 e. The SMILES string of the molecule is C=C[C@@H]1CC1(CC(=O)[C@@H]1C[C@@H]2CN1C(=O)[C@H](C1(C)CCCCC1)CC(=O)O[C@@H]1C[C@H]1CCCCCc1c(nc3ccccc3c1OC1CCCCC1)O2)C(=O)NS(=O)(=O)C1(C)CC1. The maximum Gasteiger partial charge on any atom is 0.306 e. The second kappa shape index (κ2) is 17.4. The van der Waals surface area contributed by atoms with Gasteiger partial charge in [0.05, 0.1) is 52.3 Å². The van der Waals surface area contributed by atoms with Gasteiger partial charge in [0, 0.05) is 18.2 Å². The van der Waals surface area contributed by atoms with Crippen LogP contribution in [0.15, 0.2) is 36.9 Å². The number of hydrogen-bond donors (Lipinski definition) is 1. The van der Waals surface area contributed by atoms with Crippen LogP contribution >= 0.6 is 0 Å². The number of fused-ring (bicyclic) bond motifs is 5. The summed E-state index contributed by atoms with van der Waals surface area (Å²) in [5.74, 6) is -1.22. The fourth-order valence-electron chi connectivity index (χ4n) is 11.5. The number of allylic oxidation sites excluding steroid dienone is 1. The molecule has 12 nitrogen and oxygen atoms in total. The van der Waals surface area contributed by atoms with E-state index in [1.807, 2.05) is 18.2 Å². The van der Waals surface area contributed by atoms with Gasteiger partial charge in [-0.15, -0.1) is 6.58 Å². The quantitative estimate of drug-likeness (QED) is 0.181. The third kappa shape index (κ3) is 9.02. The molecule has 3 heterocycles. The molecule has 2 bridgehead atoms. The highest BCUT2D eigenvalue weighted by Gasteiger charge is 2.63. The molecule has 7 aliphatic rings. The number of pyridine rings is 1. The first-order valence-electron chi connectivity index (χ1n) is 24.2. The zero-order chi connectivity index (χ0) is 44.1. The van der Waals surface area contributed by atoms with Crippen molar-refractivity contribution in [2.75, 3.05) is 6.54 Å². The third-order valence-electron chi connectivity index (χ3n) is 16.3. The molecule has 2 amide bonds. The van der Waals surface area contributed by atoms with E-state index in [4.69, 9.17) is 19.2 Å². The lowest BCUT2D eigenvalue weighted by Gasteiger charge is -2.42. The molecule has 2 aliphatic heterocycles. The number of carbonyl (C=O) groups is 4. The van der Waals surface area contributed by atoms with Gasteiger partial charge in [0.1, 0.15) is 18.0 Å². The average Bonchev–Trinajstić information content (AvgIpc) is 4.23. The Bertz CT molecular complexity index is 2230. The van der Waals surface area contributed by atoms with E-state index in [2.05, 4.69) is 24.3 Å². The van der Waals surface area contributed by atoms with E-state index in [-0.39, 0.29) is 62.1 Å². The number of aromatic nitrogens is 1. The van der Waals surface area contributed by atoms with Crippen LogP contribution in [0.5, 0.6) is 11.6 Å². The zero-order valence-electron chi connectivity index (χ0n) is 37.4. The Kier molecular flexibility index (Phi) is 12.2. The van der Waals surface area contributed by atoms with Gasteiger partial charge >= 0.3 is 5.97 Å². The van der Waals surface area contributed by atoms with E-state index < -0.39 is 55.5 Å². The number of sulfonamides is 1. The van der Waals surface area contributed by atoms with Crippen LogP contribution in [0.2, 0.25) is 0 Å². The van der Waals surface area contributed by atoms with Gasteiger partial charge in [-0.25, -0.2) is 13.4 Å². The first kappa shape index (κ1) is 44.2. The molecule has 5 aliphatic carbocycles. The lowest BCUT2D eigenvalue weighted by Crippen LogP contribution is -2.50. The van der Waals surface area contributed by atoms with Gasteiger partial charge in [0.25, 0.3) is 0 Å². The molecule has 7 atom stereocenters. The van der Waals surface area contributed by atoms with E-state index in [1.165, 1.54) is 6.42 Å². The normalized spacial score (nSPS) is 32.1. The molecule has 9 rings (SSSR count). The van der Waals surface area contributed by atoms with Crippen LogP contribution in [0.3, 0.4) is 0 Å². The van der Waals surface area contributed by atoms with Gasteiger partial charge in [0.15, 0.2) is 5.78 Å². The number of amides is 2. The van der Waals surface area contributed by atoms with Crippen molar-refractivity contribution >= 4 is 44.5 Å². The summed E-state index contributed by atoms with van der Waals surface area (Å²) in [6, 6.07) is 7.02. The number of carbonyl (C=O) groups excluding carboxylic acids is 4. The number of esters is 1. The predicted octanol–water partition coefficient (Wildman–Crippen LogP) is 8.47. The van der Waals surface area contributed by atoms with E-state index >= 15 is 4.79 Å². The summed E-state index contributed by atoms with van der Waals surface area (Å²) in [5, 5.41) is 0.942. The Morgan fingerprint density at radius 1 is 0.937 bits per heavy atom. The standard InChI is InChI=1S/C50H67N3O9S/c1-4-33-29-50(33,47(57)52-63(58,59)49(3)24-25-49)30-41(54)40-27-35-31-53(40)46(56)38(48(2)22-14-7-15-23-48)28-43(55)62-42-26-32(42)16-8-5-11-20-37-44(60-34-17-9-6-10-18-34)36-19-12-13-21-39(36)51-45(37)61-35/h4,12-13,19,21,32-35,38,40,42H,1,5-11,14-18,20,22-31H2,2-3H3,(H,52,57)/t32-,33-,35-,38-,40+,42-,50?/m1/s1. The van der Waals surface area contributed by atoms with Crippen LogP contribution in [-0.2, 0) is 40.4 Å². The van der Waals surface area contributed by atoms with Crippen LogP contribution in [0.1, 0.15) is 154 Å². The minimum absolute atomic E-state index is 0.0682. The summed E-state index contributed by atoms with van der Waals surface area (Å²) >= 11 is 0. The zero-order valence-corrected chi connectivity index (χ0v) is 38.2. The largest absolute Gasteiger partial charge is 0.489 e. The number of nitrogens with one attached hydrogen (secondary N) is 1. The van der Waals surface area contributed by atoms with Crippen LogP contribution in [0.4, 0.5) is 0 Å². The van der Waals surface area contributed by atoms with Crippen LogP contribution in [0, 0.1) is 28.6 Å². The van der Waals surface area contributed by atoms with Gasteiger partial charge in [-0.3, -0.25) is 23.9 Å². The average molecular weight is 886 g/mol. The van der Waals surface area contributed by atoms with Crippen molar-refractivity contribution in [2.24, 2.45) is 28.6 Å². The molecule has 1 aromatic heterocycles. The maximum absolute atomic E-state index is 15.4. The van der Waals surface area contributed by atoms with E-state index in [9.17, 15) is 22.8 Å². The molecule has 5 saturated carbocycles. The maximum atomic E-state index is 15.4. The Morgan fingerprint density at radius 3 is 2.38 bits per heavy atom. The number of benzene rings is 1. The Hall–Kier alpha value is -4.00. The molecule has 63 heavy (non-hydrogen) atoms. The highest BCUT2D eigenvalue weighted by Crippen LogP contribution is 2.57. The minimum Gasteiger partial charge on any atom is -0.489 e. The summed E-state index contributed by atoms with van der Waals surface area (Å²) < 4.78 is 47.9. The molecule has 1 aromatic carbocycles. The summed E-state index contributed by atoms with van der Waals surface area (Å²) in [7, 11) is -3.96. The van der Waals surface area contributed by atoms with Crippen molar-refractivity contribution in [3.05, 3.63) is 42.5 Å². The van der Waals surface area contributed by atoms with Crippen molar-refractivity contribution in [2.45, 2.75) is 184 Å². The highest BCUT2D eigenvalue weighted by molar-refractivity contribution is 7.91. The fraction of sp³-hybridized carbons (Fsp3) is 0.700. The summed E-state index contributed by atoms with van der Waals surface area (Å²) in [6.45, 7) is 7.73. The van der Waals surface area contributed by atoms with Crippen molar-refractivity contribution < 1.29 is 41.8 Å². The molecule has 6 fully saturated rings. The van der Waals surface area contributed by atoms with Gasteiger partial charge in [-0.05, 0) is 120 Å². The molecule has 0 radical (unpaired) electrons. The molecule has 342 valence electrons. The predicted molar refractivity (Wildman–Crippen MR) is 238 cm³/mol.